The van der Waals surface area contributed by atoms with E-state index >= 15 is 0 Å². The van der Waals surface area contributed by atoms with E-state index in [2.05, 4.69) is 13.0 Å². The van der Waals surface area contributed by atoms with Gasteiger partial charge < -0.3 is 10.5 Å². The molecular formula is C17H20N2OS. The van der Waals surface area contributed by atoms with Crippen molar-refractivity contribution >= 4 is 17.6 Å². The van der Waals surface area contributed by atoms with Crippen LogP contribution < -0.4 is 10.5 Å². The number of thioether (sulfide) groups is 1. The van der Waals surface area contributed by atoms with Crippen molar-refractivity contribution in [3.05, 3.63) is 53.1 Å². The van der Waals surface area contributed by atoms with Crippen LogP contribution in [-0.4, -0.2) is 11.6 Å². The average Bonchev–Trinajstić information content (AvgIpc) is 2.43. The molecule has 0 aliphatic heterocycles. The van der Waals surface area contributed by atoms with Gasteiger partial charge in [0.15, 0.2) is 0 Å². The molecule has 2 aromatic rings. The number of hydrogen-bond acceptors (Lipinski definition) is 3. The monoisotopic (exact) mass is 300 g/mol. The van der Waals surface area contributed by atoms with Crippen LogP contribution in [0.3, 0.4) is 0 Å². The number of ether oxygens (including phenoxy) is 1. The van der Waals surface area contributed by atoms with Gasteiger partial charge >= 0.3 is 0 Å². The lowest BCUT2D eigenvalue weighted by Gasteiger charge is -2.15. The number of amidine groups is 1. The Morgan fingerprint density at radius 2 is 1.95 bits per heavy atom. The van der Waals surface area contributed by atoms with Gasteiger partial charge in [-0.05, 0) is 48.9 Å². The summed E-state index contributed by atoms with van der Waals surface area (Å²) >= 11 is 1.66. The zero-order chi connectivity index (χ0) is 15.4. The van der Waals surface area contributed by atoms with Crippen molar-refractivity contribution in [3.8, 4) is 11.5 Å². The fourth-order valence-corrected chi connectivity index (χ4v) is 2.91. The molecule has 0 unspecified atom stereocenters. The van der Waals surface area contributed by atoms with Crippen molar-refractivity contribution in [3.63, 3.8) is 0 Å². The molecule has 0 spiro atoms. The zero-order valence-electron chi connectivity index (χ0n) is 12.6. The molecule has 0 bridgehead atoms. The summed E-state index contributed by atoms with van der Waals surface area (Å²) in [4.78, 5) is 0.979. The average molecular weight is 300 g/mol. The Morgan fingerprint density at radius 3 is 2.62 bits per heavy atom. The van der Waals surface area contributed by atoms with Crippen LogP contribution >= 0.6 is 11.8 Å². The minimum Gasteiger partial charge on any atom is -0.456 e. The fourth-order valence-electron chi connectivity index (χ4n) is 2.07. The topological polar surface area (TPSA) is 59.1 Å². The summed E-state index contributed by atoms with van der Waals surface area (Å²) in [6.45, 7) is 6.11. The molecule has 21 heavy (non-hydrogen) atoms. The molecule has 0 aliphatic rings. The second-order valence-corrected chi connectivity index (χ2v) is 6.15. The molecule has 0 radical (unpaired) electrons. The molecule has 0 fully saturated rings. The predicted octanol–water partition coefficient (Wildman–Crippen LogP) is 4.49. The molecule has 2 aromatic carbocycles. The Balaban J connectivity index is 2.46. The van der Waals surface area contributed by atoms with E-state index in [9.17, 15) is 0 Å². The summed E-state index contributed by atoms with van der Waals surface area (Å²) in [5.41, 5.74) is 8.63. The van der Waals surface area contributed by atoms with Gasteiger partial charge in [0.2, 0.25) is 0 Å². The van der Waals surface area contributed by atoms with Crippen molar-refractivity contribution in [1.82, 2.24) is 0 Å². The Morgan fingerprint density at radius 1 is 1.19 bits per heavy atom. The summed E-state index contributed by atoms with van der Waals surface area (Å²) in [7, 11) is 0. The third kappa shape index (κ3) is 3.58. The Labute approximate surface area is 130 Å². The first kappa shape index (κ1) is 15.4. The molecule has 0 amide bonds. The number of nitrogens with one attached hydrogen (secondary N) is 1. The molecule has 0 atom stereocenters. The minimum absolute atomic E-state index is 0.0341. The molecule has 2 rings (SSSR count). The van der Waals surface area contributed by atoms with Crippen LogP contribution in [0.5, 0.6) is 11.5 Å². The van der Waals surface area contributed by atoms with Crippen molar-refractivity contribution in [2.75, 3.05) is 5.75 Å². The molecule has 0 aromatic heterocycles. The number of hydrogen-bond donors (Lipinski definition) is 2. The number of rotatable bonds is 5. The number of aryl methyl sites for hydroxylation is 2. The van der Waals surface area contributed by atoms with Crippen LogP contribution in [0.1, 0.15) is 23.6 Å². The van der Waals surface area contributed by atoms with E-state index in [0.717, 1.165) is 27.5 Å². The standard InChI is InChI=1S/C17H20N2OS/c1-4-21-15-7-5-6-13(16(15)17(18)19)20-14-10-11(2)8-9-12(14)3/h5-10H,4H2,1-3H3,(H3,18,19). The third-order valence-electron chi connectivity index (χ3n) is 3.12. The molecule has 4 heteroatoms. The molecule has 0 saturated carbocycles. The van der Waals surface area contributed by atoms with E-state index in [1.807, 2.05) is 44.2 Å². The smallest absolute Gasteiger partial charge is 0.139 e. The van der Waals surface area contributed by atoms with E-state index in [-0.39, 0.29) is 5.84 Å². The Hall–Kier alpha value is -1.94. The maximum absolute atomic E-state index is 7.84. The van der Waals surface area contributed by atoms with E-state index < -0.39 is 0 Å². The quantitative estimate of drug-likeness (QED) is 0.486. The maximum atomic E-state index is 7.84. The molecule has 3 N–H and O–H groups in total. The van der Waals surface area contributed by atoms with Crippen molar-refractivity contribution in [1.29, 1.82) is 5.41 Å². The lowest BCUT2D eigenvalue weighted by atomic mass is 10.1. The molecular weight excluding hydrogens is 280 g/mol. The summed E-state index contributed by atoms with van der Waals surface area (Å²) in [5, 5.41) is 7.84. The second kappa shape index (κ2) is 6.68. The highest BCUT2D eigenvalue weighted by Crippen LogP contribution is 2.34. The molecule has 0 saturated heterocycles. The summed E-state index contributed by atoms with van der Waals surface area (Å²) < 4.78 is 6.04. The molecule has 0 aliphatic carbocycles. The fraction of sp³-hybridized carbons (Fsp3) is 0.235. The van der Waals surface area contributed by atoms with Crippen LogP contribution in [0, 0.1) is 19.3 Å². The van der Waals surface area contributed by atoms with Gasteiger partial charge in [-0.1, -0.05) is 25.1 Å². The first-order chi connectivity index (χ1) is 10.0. The first-order valence-electron chi connectivity index (χ1n) is 6.88. The van der Waals surface area contributed by atoms with Gasteiger partial charge in [-0.3, -0.25) is 5.41 Å². The third-order valence-corrected chi connectivity index (χ3v) is 4.06. The molecule has 3 nitrogen and oxygen atoms in total. The lowest BCUT2D eigenvalue weighted by molar-refractivity contribution is 0.476. The summed E-state index contributed by atoms with van der Waals surface area (Å²) in [6.07, 6.45) is 0. The van der Waals surface area contributed by atoms with Gasteiger partial charge in [0.1, 0.15) is 17.3 Å². The van der Waals surface area contributed by atoms with E-state index in [0.29, 0.717) is 11.3 Å². The second-order valence-electron chi connectivity index (χ2n) is 4.85. The van der Waals surface area contributed by atoms with E-state index in [4.69, 9.17) is 15.9 Å². The van der Waals surface area contributed by atoms with Crippen LogP contribution in [-0.2, 0) is 0 Å². The van der Waals surface area contributed by atoms with Gasteiger partial charge in [0.05, 0.1) is 5.56 Å². The van der Waals surface area contributed by atoms with Crippen molar-refractivity contribution in [2.45, 2.75) is 25.7 Å². The Kier molecular flexibility index (Phi) is 4.91. The van der Waals surface area contributed by atoms with Crippen LogP contribution in [0.2, 0.25) is 0 Å². The summed E-state index contributed by atoms with van der Waals surface area (Å²) in [6, 6.07) is 11.9. The highest BCUT2D eigenvalue weighted by molar-refractivity contribution is 7.99. The normalized spacial score (nSPS) is 10.4. The highest BCUT2D eigenvalue weighted by atomic mass is 32.2. The SMILES string of the molecule is CCSc1cccc(Oc2cc(C)ccc2C)c1C(=N)N. The van der Waals surface area contributed by atoms with Gasteiger partial charge in [0.25, 0.3) is 0 Å². The largest absolute Gasteiger partial charge is 0.456 e. The van der Waals surface area contributed by atoms with Gasteiger partial charge in [0, 0.05) is 4.90 Å². The molecule has 110 valence electrons. The van der Waals surface area contributed by atoms with Gasteiger partial charge in [-0.25, -0.2) is 0 Å². The van der Waals surface area contributed by atoms with Crippen molar-refractivity contribution < 1.29 is 4.74 Å². The predicted molar refractivity (Wildman–Crippen MR) is 89.8 cm³/mol. The zero-order valence-corrected chi connectivity index (χ0v) is 13.4. The number of benzene rings is 2. The maximum Gasteiger partial charge on any atom is 0.139 e. The van der Waals surface area contributed by atoms with Crippen LogP contribution in [0.4, 0.5) is 0 Å². The minimum atomic E-state index is 0.0341. The lowest BCUT2D eigenvalue weighted by Crippen LogP contribution is -2.14. The van der Waals surface area contributed by atoms with E-state index in [1.165, 1.54) is 0 Å². The van der Waals surface area contributed by atoms with Gasteiger partial charge in [-0.15, -0.1) is 11.8 Å². The Bertz CT molecular complexity index is 668. The molecule has 0 heterocycles. The van der Waals surface area contributed by atoms with Crippen molar-refractivity contribution in [2.24, 2.45) is 5.73 Å². The first-order valence-corrected chi connectivity index (χ1v) is 7.86. The van der Waals surface area contributed by atoms with Crippen LogP contribution in [0.15, 0.2) is 41.3 Å². The number of nitrogens with two attached hydrogens (primary N) is 1. The van der Waals surface area contributed by atoms with E-state index in [1.54, 1.807) is 11.8 Å². The van der Waals surface area contributed by atoms with Gasteiger partial charge in [-0.2, -0.15) is 0 Å². The number of nitrogen functional groups attached to an aromatic ring is 1. The summed E-state index contributed by atoms with van der Waals surface area (Å²) in [5.74, 6) is 2.39. The highest BCUT2D eigenvalue weighted by Gasteiger charge is 2.14. The van der Waals surface area contributed by atoms with Crippen LogP contribution in [0.25, 0.3) is 0 Å².